The summed E-state index contributed by atoms with van der Waals surface area (Å²) < 4.78 is 8.73. The highest BCUT2D eigenvalue weighted by atomic mass is 32.1. The summed E-state index contributed by atoms with van der Waals surface area (Å²) in [5.41, 5.74) is 10.3. The van der Waals surface area contributed by atoms with E-state index in [-0.39, 0.29) is 0 Å². The van der Waals surface area contributed by atoms with Gasteiger partial charge in [-0.3, -0.25) is 0 Å². The van der Waals surface area contributed by atoms with Crippen LogP contribution in [0.3, 0.4) is 0 Å². The lowest BCUT2D eigenvalue weighted by Crippen LogP contribution is -2.00. The van der Waals surface area contributed by atoms with Gasteiger partial charge >= 0.3 is 0 Å². The lowest BCUT2D eigenvalue weighted by molar-refractivity contribution is 0.669. The van der Waals surface area contributed by atoms with Crippen LogP contribution < -0.4 is 0 Å². The van der Waals surface area contributed by atoms with Gasteiger partial charge in [0.05, 0.1) is 15.9 Å². The zero-order valence-electron chi connectivity index (χ0n) is 29.8. The van der Waals surface area contributed by atoms with Gasteiger partial charge in [0, 0.05) is 48.7 Å². The van der Waals surface area contributed by atoms with Gasteiger partial charge in [0.1, 0.15) is 11.2 Å². The van der Waals surface area contributed by atoms with Crippen molar-refractivity contribution in [3.05, 3.63) is 176 Å². The maximum Gasteiger partial charge on any atom is 0.164 e. The van der Waals surface area contributed by atoms with Crippen molar-refractivity contribution in [2.75, 3.05) is 0 Å². The van der Waals surface area contributed by atoms with Gasteiger partial charge in [-0.25, -0.2) is 24.9 Å². The molecule has 0 radical (unpaired) electrons. The van der Waals surface area contributed by atoms with E-state index in [1.807, 2.05) is 91.0 Å². The zero-order valence-corrected chi connectivity index (χ0v) is 30.6. The van der Waals surface area contributed by atoms with Crippen LogP contribution in [0.5, 0.6) is 0 Å². The van der Waals surface area contributed by atoms with Crippen LogP contribution in [0.1, 0.15) is 0 Å². The lowest BCUT2D eigenvalue weighted by Gasteiger charge is -2.10. The number of thiophene rings is 1. The van der Waals surface area contributed by atoms with Crippen LogP contribution in [-0.4, -0.2) is 24.9 Å². The maximum absolute atomic E-state index is 6.48. The molecule has 0 aliphatic heterocycles. The summed E-state index contributed by atoms with van der Waals surface area (Å²) in [4.78, 5) is 25.6. The molecule has 56 heavy (non-hydrogen) atoms. The van der Waals surface area contributed by atoms with Crippen molar-refractivity contribution in [1.29, 1.82) is 0 Å². The molecule has 0 aliphatic rings. The number of benzene rings is 7. The van der Waals surface area contributed by atoms with Crippen molar-refractivity contribution in [2.45, 2.75) is 0 Å². The second-order valence-electron chi connectivity index (χ2n) is 13.6. The Morgan fingerprint density at radius 2 is 0.946 bits per heavy atom. The molecule has 11 aromatic rings. The molecule has 0 N–H and O–H groups in total. The Hall–Kier alpha value is -7.35. The Morgan fingerprint density at radius 1 is 0.375 bits per heavy atom. The Balaban J connectivity index is 1.10. The number of rotatable bonds is 6. The largest absolute Gasteiger partial charge is 0.456 e. The third-order valence-corrected chi connectivity index (χ3v) is 11.3. The van der Waals surface area contributed by atoms with Crippen molar-refractivity contribution in [3.8, 4) is 67.9 Å². The summed E-state index contributed by atoms with van der Waals surface area (Å²) in [5, 5.41) is 2.98. The minimum atomic E-state index is 0.569. The SMILES string of the molecule is c1ccc(-c2ccc(-c3nc(-c4ccc5oc6cccc(-c7nc(-c8ccccc8)nc(-c8ccccc8)n7)c6c5c4)nc4c3sc3ccccc34)cc2)cc1. The third-order valence-electron chi connectivity index (χ3n) is 10.2. The fourth-order valence-corrected chi connectivity index (χ4v) is 8.60. The van der Waals surface area contributed by atoms with Gasteiger partial charge in [-0.15, -0.1) is 11.3 Å². The van der Waals surface area contributed by atoms with E-state index in [1.165, 1.54) is 10.3 Å². The molecule has 0 aliphatic carbocycles. The van der Waals surface area contributed by atoms with E-state index in [0.717, 1.165) is 76.6 Å². The predicted octanol–water partition coefficient (Wildman–Crippen LogP) is 12.9. The minimum Gasteiger partial charge on any atom is -0.456 e. The number of hydrogen-bond acceptors (Lipinski definition) is 7. The second kappa shape index (κ2) is 13.2. The highest BCUT2D eigenvalue weighted by molar-refractivity contribution is 7.26. The number of furan rings is 1. The van der Waals surface area contributed by atoms with E-state index >= 15 is 0 Å². The molecule has 4 heterocycles. The monoisotopic (exact) mass is 735 g/mol. The Kier molecular flexibility index (Phi) is 7.57. The first-order valence-electron chi connectivity index (χ1n) is 18.4. The van der Waals surface area contributed by atoms with E-state index in [1.54, 1.807) is 11.3 Å². The molecule has 7 aromatic carbocycles. The topological polar surface area (TPSA) is 77.6 Å². The van der Waals surface area contributed by atoms with Crippen molar-refractivity contribution in [2.24, 2.45) is 0 Å². The van der Waals surface area contributed by atoms with Crippen LogP contribution in [0.15, 0.2) is 180 Å². The van der Waals surface area contributed by atoms with Crippen LogP contribution >= 0.6 is 11.3 Å². The van der Waals surface area contributed by atoms with Gasteiger partial charge in [0.15, 0.2) is 23.3 Å². The lowest BCUT2D eigenvalue weighted by atomic mass is 10.0. The van der Waals surface area contributed by atoms with Crippen LogP contribution in [0.25, 0.3) is 110 Å². The Morgan fingerprint density at radius 3 is 1.66 bits per heavy atom. The summed E-state index contributed by atoms with van der Waals surface area (Å²) in [6, 6.07) is 59.9. The molecular weight excluding hydrogens is 707 g/mol. The summed E-state index contributed by atoms with van der Waals surface area (Å²) in [6.07, 6.45) is 0. The highest BCUT2D eigenvalue weighted by Crippen LogP contribution is 2.42. The van der Waals surface area contributed by atoms with Crippen LogP contribution in [0.2, 0.25) is 0 Å². The molecule has 0 saturated heterocycles. The smallest absolute Gasteiger partial charge is 0.164 e. The second-order valence-corrected chi connectivity index (χ2v) is 14.7. The molecule has 0 spiro atoms. The maximum atomic E-state index is 6.48. The van der Waals surface area contributed by atoms with Crippen molar-refractivity contribution in [3.63, 3.8) is 0 Å². The van der Waals surface area contributed by atoms with Crippen molar-refractivity contribution < 1.29 is 4.42 Å². The molecule has 0 saturated carbocycles. The number of fused-ring (bicyclic) bond motifs is 6. The van der Waals surface area contributed by atoms with Crippen LogP contribution in [-0.2, 0) is 0 Å². The fraction of sp³-hybridized carbons (Fsp3) is 0. The Bertz CT molecular complexity index is 3180. The van der Waals surface area contributed by atoms with Gasteiger partial charge in [0.2, 0.25) is 0 Å². The molecular formula is C49H29N5OS. The van der Waals surface area contributed by atoms with E-state index < -0.39 is 0 Å². The molecule has 7 heteroatoms. The average molecular weight is 736 g/mol. The average Bonchev–Trinajstić information content (AvgIpc) is 3.85. The van der Waals surface area contributed by atoms with Crippen molar-refractivity contribution in [1.82, 2.24) is 24.9 Å². The summed E-state index contributed by atoms with van der Waals surface area (Å²) >= 11 is 1.73. The molecule has 0 unspecified atom stereocenters. The van der Waals surface area contributed by atoms with Crippen LogP contribution in [0.4, 0.5) is 0 Å². The van der Waals surface area contributed by atoms with E-state index in [2.05, 4.69) is 84.9 Å². The van der Waals surface area contributed by atoms with E-state index in [4.69, 9.17) is 29.3 Å². The minimum absolute atomic E-state index is 0.569. The molecule has 0 bridgehead atoms. The van der Waals surface area contributed by atoms with Gasteiger partial charge in [-0.2, -0.15) is 0 Å². The third kappa shape index (κ3) is 5.52. The van der Waals surface area contributed by atoms with Crippen molar-refractivity contribution >= 4 is 53.6 Å². The molecule has 0 amide bonds. The zero-order chi connectivity index (χ0) is 37.0. The van der Waals surface area contributed by atoms with Gasteiger partial charge in [-0.05, 0) is 41.5 Å². The first-order chi connectivity index (χ1) is 27.7. The standard InChI is InChI=1S/C49H29N5OS/c1-4-13-30(14-5-1)31-23-25-32(26-24-31)43-45-44(36-19-10-11-22-41(36)56-45)51-48(50-43)35-27-28-39-38(29-35)42-37(20-12-21-40(42)55-39)49-53-46(33-15-6-2-7-16-33)52-47(54-49)34-17-8-3-9-18-34/h1-29H. The molecule has 11 rings (SSSR count). The number of hydrogen-bond donors (Lipinski definition) is 0. The van der Waals surface area contributed by atoms with Gasteiger partial charge in [-0.1, -0.05) is 146 Å². The normalized spacial score (nSPS) is 11.6. The molecule has 0 fully saturated rings. The first-order valence-corrected chi connectivity index (χ1v) is 19.2. The molecule has 262 valence electrons. The van der Waals surface area contributed by atoms with E-state index in [9.17, 15) is 0 Å². The summed E-state index contributed by atoms with van der Waals surface area (Å²) in [5.74, 6) is 2.43. The predicted molar refractivity (Wildman–Crippen MR) is 228 cm³/mol. The molecule has 4 aromatic heterocycles. The molecule has 6 nitrogen and oxygen atoms in total. The first kappa shape index (κ1) is 32.1. The van der Waals surface area contributed by atoms with Gasteiger partial charge < -0.3 is 4.42 Å². The summed E-state index contributed by atoms with van der Waals surface area (Å²) in [6.45, 7) is 0. The summed E-state index contributed by atoms with van der Waals surface area (Å²) in [7, 11) is 0. The van der Waals surface area contributed by atoms with E-state index in [0.29, 0.717) is 23.3 Å². The number of nitrogens with zero attached hydrogens (tertiary/aromatic N) is 5. The van der Waals surface area contributed by atoms with Gasteiger partial charge in [0.25, 0.3) is 0 Å². The fourth-order valence-electron chi connectivity index (χ4n) is 7.45. The van der Waals surface area contributed by atoms with Crippen LogP contribution in [0, 0.1) is 0 Å². The highest BCUT2D eigenvalue weighted by Gasteiger charge is 2.21. The number of aromatic nitrogens is 5. The quantitative estimate of drug-likeness (QED) is 0.169. The molecule has 0 atom stereocenters. The Labute approximate surface area is 325 Å².